The van der Waals surface area contributed by atoms with Gasteiger partial charge < -0.3 is 5.32 Å². The molecule has 0 amide bonds. The van der Waals surface area contributed by atoms with Gasteiger partial charge in [-0.05, 0) is 51.0 Å². The van der Waals surface area contributed by atoms with Crippen LogP contribution in [0, 0.1) is 11.8 Å². The second-order valence-corrected chi connectivity index (χ2v) is 7.41. The van der Waals surface area contributed by atoms with Crippen LogP contribution in [0.5, 0.6) is 0 Å². The summed E-state index contributed by atoms with van der Waals surface area (Å²) in [6, 6.07) is 2.36. The normalized spacial score (nSPS) is 33.5. The summed E-state index contributed by atoms with van der Waals surface area (Å²) in [7, 11) is 2.16. The summed E-state index contributed by atoms with van der Waals surface area (Å²) in [5.74, 6) is 1.70. The van der Waals surface area contributed by atoms with E-state index in [0.29, 0.717) is 0 Å². The van der Waals surface area contributed by atoms with E-state index in [1.165, 1.54) is 51.5 Å². The Morgan fingerprint density at radius 2 is 1.79 bits per heavy atom. The third kappa shape index (κ3) is 3.95. The summed E-state index contributed by atoms with van der Waals surface area (Å²) in [5, 5.41) is 3.61. The molecule has 2 fully saturated rings. The molecule has 2 nitrogen and oxygen atoms in total. The standard InChI is InChI=1S/C17H34N2/c1-13(2)12-19(15-7-5-6-8-15)17-11-14(3)9-10-16(17)18-4/h13-18H,5-12H2,1-4H3. The van der Waals surface area contributed by atoms with Crippen molar-refractivity contribution in [2.75, 3.05) is 13.6 Å². The molecule has 3 unspecified atom stereocenters. The minimum atomic E-state index is 0.718. The predicted octanol–water partition coefficient (Wildman–Crippen LogP) is 3.66. The Kier molecular flexibility index (Phi) is 5.70. The van der Waals surface area contributed by atoms with Crippen LogP contribution >= 0.6 is 0 Å². The van der Waals surface area contributed by atoms with Gasteiger partial charge in [0.1, 0.15) is 0 Å². The van der Waals surface area contributed by atoms with E-state index in [0.717, 1.165) is 30.0 Å². The Labute approximate surface area is 120 Å². The second kappa shape index (κ2) is 7.08. The van der Waals surface area contributed by atoms with E-state index in [4.69, 9.17) is 0 Å². The summed E-state index contributed by atoms with van der Waals surface area (Å²) < 4.78 is 0. The highest BCUT2D eigenvalue weighted by Gasteiger charge is 2.36. The Hall–Kier alpha value is -0.0800. The number of rotatable bonds is 5. The van der Waals surface area contributed by atoms with Crippen LogP contribution in [0.4, 0.5) is 0 Å². The van der Waals surface area contributed by atoms with Crippen LogP contribution in [0.1, 0.15) is 65.7 Å². The topological polar surface area (TPSA) is 15.3 Å². The van der Waals surface area contributed by atoms with E-state index in [1.54, 1.807) is 0 Å². The number of nitrogens with zero attached hydrogens (tertiary/aromatic N) is 1. The summed E-state index contributed by atoms with van der Waals surface area (Å²) in [6.07, 6.45) is 9.94. The van der Waals surface area contributed by atoms with E-state index in [9.17, 15) is 0 Å². The molecule has 0 saturated heterocycles. The lowest BCUT2D eigenvalue weighted by atomic mass is 9.81. The van der Waals surface area contributed by atoms with Gasteiger partial charge in [0.25, 0.3) is 0 Å². The van der Waals surface area contributed by atoms with Crippen molar-refractivity contribution in [1.29, 1.82) is 0 Å². The molecule has 2 rings (SSSR count). The van der Waals surface area contributed by atoms with Crippen molar-refractivity contribution >= 4 is 0 Å². The zero-order valence-corrected chi connectivity index (χ0v) is 13.5. The zero-order chi connectivity index (χ0) is 13.8. The van der Waals surface area contributed by atoms with Gasteiger partial charge >= 0.3 is 0 Å². The summed E-state index contributed by atoms with van der Waals surface area (Å²) in [4.78, 5) is 2.90. The third-order valence-electron chi connectivity index (χ3n) is 5.25. The molecule has 2 saturated carbocycles. The average Bonchev–Trinajstić information content (AvgIpc) is 2.89. The van der Waals surface area contributed by atoms with Crippen molar-refractivity contribution in [1.82, 2.24) is 10.2 Å². The molecule has 0 aromatic rings. The quantitative estimate of drug-likeness (QED) is 0.817. The minimum absolute atomic E-state index is 0.718. The maximum absolute atomic E-state index is 3.61. The number of nitrogens with one attached hydrogen (secondary N) is 1. The smallest absolute Gasteiger partial charge is 0.0254 e. The Balaban J connectivity index is 2.09. The second-order valence-electron chi connectivity index (χ2n) is 7.41. The SMILES string of the molecule is CNC1CCC(C)CC1N(CC(C)C)C1CCCC1. The summed E-state index contributed by atoms with van der Waals surface area (Å²) in [6.45, 7) is 8.49. The van der Waals surface area contributed by atoms with Crippen LogP contribution in [-0.4, -0.2) is 36.6 Å². The zero-order valence-electron chi connectivity index (χ0n) is 13.5. The van der Waals surface area contributed by atoms with E-state index in [-0.39, 0.29) is 0 Å². The van der Waals surface area contributed by atoms with E-state index in [1.807, 2.05) is 0 Å². The van der Waals surface area contributed by atoms with Crippen LogP contribution in [0.25, 0.3) is 0 Å². The molecule has 112 valence electrons. The van der Waals surface area contributed by atoms with E-state index >= 15 is 0 Å². The molecule has 3 atom stereocenters. The number of likely N-dealkylation sites (N-methyl/N-ethyl adjacent to an activating group) is 1. The van der Waals surface area contributed by atoms with Crippen LogP contribution in [0.3, 0.4) is 0 Å². The number of hydrogen-bond donors (Lipinski definition) is 1. The first-order chi connectivity index (χ1) is 9.11. The van der Waals surface area contributed by atoms with Gasteiger partial charge in [0.2, 0.25) is 0 Å². The highest BCUT2D eigenvalue weighted by molar-refractivity contribution is 4.93. The molecule has 2 aliphatic rings. The van der Waals surface area contributed by atoms with Crippen molar-refractivity contribution in [3.8, 4) is 0 Å². The molecule has 2 aliphatic carbocycles. The fraction of sp³-hybridized carbons (Fsp3) is 1.00. The van der Waals surface area contributed by atoms with Crippen molar-refractivity contribution in [2.45, 2.75) is 83.8 Å². The Morgan fingerprint density at radius 1 is 1.11 bits per heavy atom. The first-order valence-corrected chi connectivity index (χ1v) is 8.54. The first-order valence-electron chi connectivity index (χ1n) is 8.54. The highest BCUT2D eigenvalue weighted by Crippen LogP contribution is 2.33. The lowest BCUT2D eigenvalue weighted by Gasteiger charge is -2.45. The van der Waals surface area contributed by atoms with Gasteiger partial charge in [0, 0.05) is 24.7 Å². The number of hydrogen-bond acceptors (Lipinski definition) is 2. The van der Waals surface area contributed by atoms with Gasteiger partial charge in [0.05, 0.1) is 0 Å². The largest absolute Gasteiger partial charge is 0.315 e. The van der Waals surface area contributed by atoms with Gasteiger partial charge in [-0.2, -0.15) is 0 Å². The molecule has 0 aliphatic heterocycles. The molecule has 1 N–H and O–H groups in total. The van der Waals surface area contributed by atoms with Crippen molar-refractivity contribution in [3.63, 3.8) is 0 Å². The fourth-order valence-electron chi connectivity index (χ4n) is 4.27. The molecular formula is C17H34N2. The minimum Gasteiger partial charge on any atom is -0.315 e. The van der Waals surface area contributed by atoms with Crippen LogP contribution in [0.15, 0.2) is 0 Å². The molecule has 2 heteroatoms. The molecular weight excluding hydrogens is 232 g/mol. The predicted molar refractivity (Wildman–Crippen MR) is 83.5 cm³/mol. The van der Waals surface area contributed by atoms with Crippen molar-refractivity contribution in [3.05, 3.63) is 0 Å². The lowest BCUT2D eigenvalue weighted by Crippen LogP contribution is -2.55. The third-order valence-corrected chi connectivity index (χ3v) is 5.25. The summed E-state index contributed by atoms with van der Waals surface area (Å²) >= 11 is 0. The monoisotopic (exact) mass is 266 g/mol. The van der Waals surface area contributed by atoms with Crippen molar-refractivity contribution in [2.24, 2.45) is 11.8 Å². The van der Waals surface area contributed by atoms with Crippen LogP contribution < -0.4 is 5.32 Å². The maximum Gasteiger partial charge on any atom is 0.0254 e. The Morgan fingerprint density at radius 3 is 2.37 bits per heavy atom. The molecule has 19 heavy (non-hydrogen) atoms. The van der Waals surface area contributed by atoms with Gasteiger partial charge in [-0.3, -0.25) is 4.90 Å². The van der Waals surface area contributed by atoms with Gasteiger partial charge in [-0.1, -0.05) is 33.6 Å². The average molecular weight is 266 g/mol. The van der Waals surface area contributed by atoms with Crippen LogP contribution in [-0.2, 0) is 0 Å². The maximum atomic E-state index is 3.61. The molecule has 0 radical (unpaired) electrons. The van der Waals surface area contributed by atoms with Gasteiger partial charge in [-0.15, -0.1) is 0 Å². The van der Waals surface area contributed by atoms with Crippen LogP contribution in [0.2, 0.25) is 0 Å². The highest BCUT2D eigenvalue weighted by atomic mass is 15.2. The first kappa shape index (κ1) is 15.3. The molecule has 0 bridgehead atoms. The summed E-state index contributed by atoms with van der Waals surface area (Å²) in [5.41, 5.74) is 0. The molecule has 0 aromatic carbocycles. The molecule has 0 spiro atoms. The van der Waals surface area contributed by atoms with Gasteiger partial charge in [-0.25, -0.2) is 0 Å². The molecule has 0 heterocycles. The fourth-order valence-corrected chi connectivity index (χ4v) is 4.27. The Bertz CT molecular complexity index is 258. The molecule has 0 aromatic heterocycles. The van der Waals surface area contributed by atoms with Gasteiger partial charge in [0.15, 0.2) is 0 Å². The lowest BCUT2D eigenvalue weighted by molar-refractivity contribution is 0.0563. The van der Waals surface area contributed by atoms with E-state index in [2.05, 4.69) is 38.0 Å². The van der Waals surface area contributed by atoms with E-state index < -0.39 is 0 Å². The van der Waals surface area contributed by atoms with Crippen molar-refractivity contribution < 1.29 is 0 Å².